The number of aromatic nitrogens is 6. The van der Waals surface area contributed by atoms with Crippen molar-refractivity contribution in [2.75, 3.05) is 18.9 Å². The number of rotatable bonds is 4. The minimum Gasteiger partial charge on any atom is -0.366 e. The zero-order chi connectivity index (χ0) is 22.2. The van der Waals surface area contributed by atoms with Crippen molar-refractivity contribution in [3.8, 4) is 5.82 Å². The van der Waals surface area contributed by atoms with Crippen LogP contribution < -0.4 is 10.9 Å². The Labute approximate surface area is 187 Å². The summed E-state index contributed by atoms with van der Waals surface area (Å²) in [6.07, 6.45) is 4.67. The summed E-state index contributed by atoms with van der Waals surface area (Å²) in [4.78, 5) is 14.9. The maximum absolute atomic E-state index is 12.6. The quantitative estimate of drug-likeness (QED) is 0.674. The lowest BCUT2D eigenvalue weighted by Crippen LogP contribution is -2.34. The number of anilines is 1. The maximum atomic E-state index is 12.6. The third kappa shape index (κ3) is 4.17. The van der Waals surface area contributed by atoms with E-state index in [1.807, 2.05) is 19.9 Å². The first kappa shape index (κ1) is 20.8. The van der Waals surface area contributed by atoms with Gasteiger partial charge in [0.1, 0.15) is 5.82 Å². The molecule has 9 heteroatoms. The molecule has 1 saturated carbocycles. The Morgan fingerprint density at radius 1 is 1.03 bits per heavy atom. The molecule has 0 unspecified atom stereocenters. The number of likely N-dealkylation sites (N-methyl/N-ethyl adjacent to an activating group) is 1. The molecule has 0 bridgehead atoms. The predicted molar refractivity (Wildman–Crippen MR) is 122 cm³/mol. The highest BCUT2D eigenvalue weighted by atomic mass is 16.1. The van der Waals surface area contributed by atoms with E-state index in [-0.39, 0.29) is 11.6 Å². The van der Waals surface area contributed by atoms with Crippen LogP contribution in [0.5, 0.6) is 0 Å². The van der Waals surface area contributed by atoms with E-state index < -0.39 is 0 Å². The number of hydrogen-bond acceptors (Lipinski definition) is 7. The Balaban J connectivity index is 1.26. The molecule has 3 aromatic heterocycles. The van der Waals surface area contributed by atoms with E-state index in [1.54, 1.807) is 21.5 Å². The van der Waals surface area contributed by atoms with Gasteiger partial charge in [-0.05, 0) is 70.3 Å². The molecule has 3 aromatic rings. The Bertz CT molecular complexity index is 1170. The summed E-state index contributed by atoms with van der Waals surface area (Å²) in [5.74, 6) is 1.54. The second kappa shape index (κ2) is 8.46. The average Bonchev–Trinajstić information content (AvgIpc) is 3.12. The van der Waals surface area contributed by atoms with Crippen LogP contribution in [0.3, 0.4) is 0 Å². The molecule has 0 amide bonds. The molecule has 1 aliphatic carbocycles. The fourth-order valence-corrected chi connectivity index (χ4v) is 4.86. The van der Waals surface area contributed by atoms with Gasteiger partial charge in [0.2, 0.25) is 0 Å². The summed E-state index contributed by atoms with van der Waals surface area (Å²) in [5, 5.41) is 21.6. The van der Waals surface area contributed by atoms with E-state index in [1.165, 1.54) is 5.56 Å². The molecule has 0 atom stereocenters. The number of fused-ring (bicyclic) bond motifs is 1. The third-order valence-corrected chi connectivity index (χ3v) is 6.56. The normalized spacial score (nSPS) is 21.3. The molecule has 32 heavy (non-hydrogen) atoms. The van der Waals surface area contributed by atoms with E-state index in [2.05, 4.69) is 43.7 Å². The lowest BCUT2D eigenvalue weighted by Gasteiger charge is -2.30. The largest absolute Gasteiger partial charge is 0.366 e. The Kier molecular flexibility index (Phi) is 5.50. The van der Waals surface area contributed by atoms with Crippen LogP contribution in [0.1, 0.15) is 54.4 Å². The van der Waals surface area contributed by atoms with Crippen LogP contribution in [-0.2, 0) is 13.0 Å². The smallest absolute Gasteiger partial charge is 0.267 e. The van der Waals surface area contributed by atoms with Gasteiger partial charge in [0.05, 0.1) is 17.4 Å². The Hall–Kier alpha value is -3.07. The highest BCUT2D eigenvalue weighted by Gasteiger charge is 2.25. The number of aryl methyl sites for hydroxylation is 2. The first-order valence-corrected chi connectivity index (χ1v) is 11.4. The summed E-state index contributed by atoms with van der Waals surface area (Å²) >= 11 is 0. The van der Waals surface area contributed by atoms with Crippen molar-refractivity contribution in [1.82, 2.24) is 34.7 Å². The van der Waals surface area contributed by atoms with Crippen LogP contribution in [0.4, 0.5) is 5.82 Å². The highest BCUT2D eigenvalue weighted by molar-refractivity contribution is 5.40. The van der Waals surface area contributed by atoms with Crippen molar-refractivity contribution in [3.63, 3.8) is 0 Å². The van der Waals surface area contributed by atoms with Crippen molar-refractivity contribution in [2.45, 2.75) is 64.6 Å². The van der Waals surface area contributed by atoms with E-state index in [4.69, 9.17) is 0 Å². The Morgan fingerprint density at radius 2 is 1.84 bits per heavy atom. The molecule has 0 saturated heterocycles. The summed E-state index contributed by atoms with van der Waals surface area (Å²) in [6.45, 7) is 5.91. The first-order chi connectivity index (χ1) is 15.5. The van der Waals surface area contributed by atoms with Gasteiger partial charge in [-0.2, -0.15) is 10.2 Å². The van der Waals surface area contributed by atoms with Gasteiger partial charge < -0.3 is 10.2 Å². The van der Waals surface area contributed by atoms with Gasteiger partial charge in [-0.15, -0.1) is 10.2 Å². The van der Waals surface area contributed by atoms with Crippen LogP contribution in [0.15, 0.2) is 29.1 Å². The monoisotopic (exact) mass is 434 g/mol. The van der Waals surface area contributed by atoms with Crippen molar-refractivity contribution >= 4 is 5.82 Å². The molecule has 0 spiro atoms. The lowest BCUT2D eigenvalue weighted by molar-refractivity contribution is 0.301. The predicted octanol–water partition coefficient (Wildman–Crippen LogP) is 2.42. The van der Waals surface area contributed by atoms with Crippen LogP contribution in [0.25, 0.3) is 5.82 Å². The molecule has 4 heterocycles. The zero-order valence-electron chi connectivity index (χ0n) is 19.0. The van der Waals surface area contributed by atoms with Crippen LogP contribution in [0, 0.1) is 13.8 Å². The molecular formula is C23H30N8O. The molecule has 0 radical (unpaired) electrons. The summed E-state index contributed by atoms with van der Waals surface area (Å²) in [5.41, 5.74) is 4.26. The van der Waals surface area contributed by atoms with Crippen LogP contribution >= 0.6 is 0 Å². The van der Waals surface area contributed by atoms with Crippen molar-refractivity contribution < 1.29 is 0 Å². The van der Waals surface area contributed by atoms with Crippen molar-refractivity contribution in [2.24, 2.45) is 0 Å². The van der Waals surface area contributed by atoms with Gasteiger partial charge in [0.25, 0.3) is 5.56 Å². The molecular weight excluding hydrogens is 404 g/mol. The van der Waals surface area contributed by atoms with E-state index in [0.29, 0.717) is 11.9 Å². The molecule has 1 aliphatic heterocycles. The SMILES string of the molecule is Cc1cc(C)n(-c2ccc(=O)n(C3CCC(Nc4cc5c(nn4)CCN(C)C5)CC3)n2)n1. The van der Waals surface area contributed by atoms with Crippen molar-refractivity contribution in [1.29, 1.82) is 0 Å². The second-order valence-corrected chi connectivity index (χ2v) is 9.15. The van der Waals surface area contributed by atoms with Gasteiger partial charge in [0, 0.05) is 37.3 Å². The second-order valence-electron chi connectivity index (χ2n) is 9.15. The van der Waals surface area contributed by atoms with Gasteiger partial charge >= 0.3 is 0 Å². The van der Waals surface area contributed by atoms with Gasteiger partial charge in [-0.25, -0.2) is 9.36 Å². The number of nitrogens with one attached hydrogen (secondary N) is 1. The molecule has 168 valence electrons. The molecule has 0 aromatic carbocycles. The van der Waals surface area contributed by atoms with Gasteiger partial charge in [0.15, 0.2) is 5.82 Å². The minimum absolute atomic E-state index is 0.0589. The standard InChI is InChI=1S/C23H30N8O/c1-15-12-16(2)30(27-15)22-8-9-23(32)31(28-22)19-6-4-18(5-7-19)24-21-13-17-14-29(3)11-10-20(17)25-26-21/h8-9,12-13,18-19H,4-7,10-11,14H2,1-3H3,(H,24,26). The molecule has 5 rings (SSSR count). The highest BCUT2D eigenvalue weighted by Crippen LogP contribution is 2.29. The maximum Gasteiger partial charge on any atom is 0.267 e. The molecule has 1 N–H and O–H groups in total. The van der Waals surface area contributed by atoms with Crippen LogP contribution in [-0.4, -0.2) is 54.3 Å². The molecule has 9 nitrogen and oxygen atoms in total. The van der Waals surface area contributed by atoms with E-state index in [9.17, 15) is 4.79 Å². The fourth-order valence-electron chi connectivity index (χ4n) is 4.86. The van der Waals surface area contributed by atoms with Crippen LogP contribution in [0.2, 0.25) is 0 Å². The third-order valence-electron chi connectivity index (χ3n) is 6.56. The number of nitrogens with zero attached hydrogens (tertiary/aromatic N) is 7. The van der Waals surface area contributed by atoms with Gasteiger partial charge in [-0.3, -0.25) is 4.79 Å². The first-order valence-electron chi connectivity index (χ1n) is 11.4. The zero-order valence-corrected chi connectivity index (χ0v) is 19.0. The topological polar surface area (TPSA) is 93.8 Å². The molecule has 2 aliphatic rings. The minimum atomic E-state index is -0.0589. The number of hydrogen-bond donors (Lipinski definition) is 1. The molecule has 1 fully saturated rings. The fraction of sp³-hybridized carbons (Fsp3) is 0.522. The van der Waals surface area contributed by atoms with E-state index >= 15 is 0 Å². The van der Waals surface area contributed by atoms with Crippen molar-refractivity contribution in [3.05, 3.63) is 57.3 Å². The summed E-state index contributed by atoms with van der Waals surface area (Å²) in [7, 11) is 2.14. The summed E-state index contributed by atoms with van der Waals surface area (Å²) < 4.78 is 3.45. The van der Waals surface area contributed by atoms with Gasteiger partial charge in [-0.1, -0.05) is 0 Å². The summed E-state index contributed by atoms with van der Waals surface area (Å²) in [6, 6.07) is 7.93. The Morgan fingerprint density at radius 3 is 2.59 bits per heavy atom. The van der Waals surface area contributed by atoms with E-state index in [0.717, 1.165) is 68.1 Å². The lowest BCUT2D eigenvalue weighted by atomic mass is 9.91. The average molecular weight is 435 g/mol.